The number of rotatable bonds is 3. The maximum absolute atomic E-state index is 8.99. The molecule has 74 valence electrons. The minimum Gasteiger partial charge on any atom is -0.193 e. The lowest BCUT2D eigenvalue weighted by molar-refractivity contribution is 1.45. The van der Waals surface area contributed by atoms with Crippen molar-refractivity contribution in [2.24, 2.45) is 0 Å². The lowest BCUT2D eigenvalue weighted by Crippen LogP contribution is -2.25. The predicted octanol–water partition coefficient (Wildman–Crippen LogP) is 3.65. The summed E-state index contributed by atoms with van der Waals surface area (Å²) in [7, 11) is -2.38. The Hall–Kier alpha value is -0.336. The molecule has 0 unspecified atom stereocenters. The third-order valence-corrected chi connectivity index (χ3v) is 5.21. The molecular formula is C10H21NSi2. The summed E-state index contributed by atoms with van der Waals surface area (Å²) in [5.41, 5.74) is 0. The molecule has 0 aliphatic carbocycles. The summed E-state index contributed by atoms with van der Waals surface area (Å²) in [5.74, 6) is 0. The Bertz CT molecular complexity index is 235. The lowest BCUT2D eigenvalue weighted by Gasteiger charge is -2.17. The van der Waals surface area contributed by atoms with E-state index in [-0.39, 0.29) is 0 Å². The molecule has 0 aromatic rings. The molecule has 0 bridgehead atoms. The predicted molar refractivity (Wildman–Crippen MR) is 65.2 cm³/mol. The van der Waals surface area contributed by atoms with Gasteiger partial charge in [-0.15, -0.1) is 0 Å². The average molecular weight is 211 g/mol. The zero-order valence-electron chi connectivity index (χ0n) is 9.73. The van der Waals surface area contributed by atoms with Crippen LogP contribution in [-0.4, -0.2) is 16.1 Å². The molecule has 0 saturated heterocycles. The second kappa shape index (κ2) is 4.25. The zero-order chi connectivity index (χ0) is 10.7. The van der Waals surface area contributed by atoms with Crippen molar-refractivity contribution in [1.29, 1.82) is 5.26 Å². The molecule has 0 fully saturated rings. The fraction of sp³-hybridized carbons (Fsp3) is 0.700. The molecule has 1 nitrogen and oxygen atoms in total. The average Bonchev–Trinajstić information content (AvgIpc) is 1.82. The smallest absolute Gasteiger partial charge is 0.0907 e. The van der Waals surface area contributed by atoms with Crippen LogP contribution in [0.25, 0.3) is 0 Å². The van der Waals surface area contributed by atoms with Crippen molar-refractivity contribution in [2.75, 3.05) is 0 Å². The summed E-state index contributed by atoms with van der Waals surface area (Å²) in [6.45, 7) is 13.7. The minimum atomic E-state index is -1.36. The van der Waals surface area contributed by atoms with Crippen LogP contribution >= 0.6 is 0 Å². The van der Waals surface area contributed by atoms with E-state index in [9.17, 15) is 0 Å². The van der Waals surface area contributed by atoms with Gasteiger partial charge in [-0.25, -0.2) is 0 Å². The summed E-state index contributed by atoms with van der Waals surface area (Å²) >= 11 is 0. The highest BCUT2D eigenvalue weighted by atomic mass is 28.3. The van der Waals surface area contributed by atoms with Crippen molar-refractivity contribution >= 4 is 16.1 Å². The molecule has 0 saturated carbocycles. The summed E-state index contributed by atoms with van der Waals surface area (Å²) in [5, 5.41) is 10.1. The SMILES string of the molecule is C[Si](C)(C)CC=C(C#N)[Si](C)(C)C. The molecule has 0 N–H and O–H groups in total. The molecule has 0 aliphatic rings. The molecule has 0 aliphatic heterocycles. The number of nitriles is 1. The lowest BCUT2D eigenvalue weighted by atomic mass is 10.5. The molecule has 13 heavy (non-hydrogen) atoms. The second-order valence-corrected chi connectivity index (χ2v) is 16.3. The van der Waals surface area contributed by atoms with E-state index in [4.69, 9.17) is 5.26 Å². The first-order chi connectivity index (χ1) is 5.67. The van der Waals surface area contributed by atoms with Gasteiger partial charge in [-0.2, -0.15) is 5.26 Å². The normalized spacial score (nSPS) is 14.1. The third-order valence-electron chi connectivity index (χ3n) is 1.85. The first kappa shape index (κ1) is 12.7. The van der Waals surface area contributed by atoms with E-state index in [1.807, 2.05) is 0 Å². The fourth-order valence-corrected chi connectivity index (χ4v) is 3.00. The number of hydrogen-bond acceptors (Lipinski definition) is 1. The van der Waals surface area contributed by atoms with Gasteiger partial charge in [-0.1, -0.05) is 45.4 Å². The second-order valence-electron chi connectivity index (χ2n) is 5.74. The van der Waals surface area contributed by atoms with Gasteiger partial charge in [-0.05, 0) is 6.04 Å². The van der Waals surface area contributed by atoms with E-state index in [1.54, 1.807) is 0 Å². The Morgan fingerprint density at radius 2 is 1.62 bits per heavy atom. The van der Waals surface area contributed by atoms with Crippen molar-refractivity contribution in [3.63, 3.8) is 0 Å². The van der Waals surface area contributed by atoms with Crippen molar-refractivity contribution in [3.8, 4) is 6.07 Å². The molecule has 0 aromatic heterocycles. The molecule has 0 heterocycles. The monoisotopic (exact) mass is 211 g/mol. The summed E-state index contributed by atoms with van der Waals surface area (Å²) in [4.78, 5) is 0. The van der Waals surface area contributed by atoms with Crippen LogP contribution in [0.1, 0.15) is 0 Å². The summed E-state index contributed by atoms with van der Waals surface area (Å²) < 4.78 is 0. The van der Waals surface area contributed by atoms with Crippen LogP contribution in [0.3, 0.4) is 0 Å². The molecule has 0 rings (SSSR count). The molecule has 0 atom stereocenters. The van der Waals surface area contributed by atoms with Crippen molar-refractivity contribution < 1.29 is 0 Å². The van der Waals surface area contributed by atoms with E-state index in [0.29, 0.717) is 0 Å². The van der Waals surface area contributed by atoms with Crippen LogP contribution in [0, 0.1) is 11.3 Å². The van der Waals surface area contributed by atoms with Crippen LogP contribution in [-0.2, 0) is 0 Å². The van der Waals surface area contributed by atoms with Crippen LogP contribution in [0.15, 0.2) is 11.3 Å². The molecular weight excluding hydrogens is 190 g/mol. The van der Waals surface area contributed by atoms with Gasteiger partial charge in [0, 0.05) is 13.3 Å². The van der Waals surface area contributed by atoms with Crippen LogP contribution in [0.4, 0.5) is 0 Å². The largest absolute Gasteiger partial charge is 0.193 e. The summed E-state index contributed by atoms with van der Waals surface area (Å²) in [6, 6.07) is 3.50. The highest BCUT2D eigenvalue weighted by Crippen LogP contribution is 2.17. The highest BCUT2D eigenvalue weighted by molar-refractivity contribution is 6.84. The Kier molecular flexibility index (Phi) is 4.14. The Morgan fingerprint density at radius 1 is 1.15 bits per heavy atom. The zero-order valence-corrected chi connectivity index (χ0v) is 11.7. The van der Waals surface area contributed by atoms with Gasteiger partial charge in [0.05, 0.1) is 14.1 Å². The van der Waals surface area contributed by atoms with Crippen molar-refractivity contribution in [3.05, 3.63) is 11.3 Å². The first-order valence-electron chi connectivity index (χ1n) is 4.77. The number of allylic oxidation sites excluding steroid dienone is 2. The number of hydrogen-bond donors (Lipinski definition) is 0. The topological polar surface area (TPSA) is 23.8 Å². The Labute approximate surface area is 84.5 Å². The van der Waals surface area contributed by atoms with Crippen LogP contribution in [0.2, 0.25) is 45.3 Å². The maximum atomic E-state index is 8.99. The third kappa shape index (κ3) is 5.83. The minimum absolute atomic E-state index is 1.02. The van der Waals surface area contributed by atoms with E-state index < -0.39 is 16.1 Å². The number of nitrogens with zero attached hydrogens (tertiary/aromatic N) is 1. The van der Waals surface area contributed by atoms with Gasteiger partial charge in [0.1, 0.15) is 0 Å². The Morgan fingerprint density at radius 3 is 1.85 bits per heavy atom. The summed E-state index contributed by atoms with van der Waals surface area (Å²) in [6.07, 6.45) is 2.19. The fourth-order valence-electron chi connectivity index (χ4n) is 0.928. The van der Waals surface area contributed by atoms with Crippen molar-refractivity contribution in [2.45, 2.75) is 45.3 Å². The standard InChI is InChI=1S/C10H21NSi2/c1-12(2,3)8-7-10(9-11)13(4,5)6/h7H,8H2,1-6H3. The molecule has 0 aromatic carbocycles. The Balaban J connectivity index is 4.55. The van der Waals surface area contributed by atoms with E-state index in [1.165, 1.54) is 0 Å². The van der Waals surface area contributed by atoms with Crippen LogP contribution in [0.5, 0.6) is 0 Å². The van der Waals surface area contributed by atoms with Gasteiger partial charge in [0.25, 0.3) is 0 Å². The van der Waals surface area contributed by atoms with Crippen molar-refractivity contribution in [1.82, 2.24) is 0 Å². The molecule has 0 amide bonds. The van der Waals surface area contributed by atoms with Gasteiger partial charge < -0.3 is 0 Å². The highest BCUT2D eigenvalue weighted by Gasteiger charge is 2.20. The van der Waals surface area contributed by atoms with Gasteiger partial charge in [0.2, 0.25) is 0 Å². The molecule has 0 radical (unpaired) electrons. The first-order valence-corrected chi connectivity index (χ1v) is 12.0. The van der Waals surface area contributed by atoms with Gasteiger partial charge in [-0.3, -0.25) is 0 Å². The van der Waals surface area contributed by atoms with E-state index in [0.717, 1.165) is 11.2 Å². The van der Waals surface area contributed by atoms with Gasteiger partial charge >= 0.3 is 0 Å². The van der Waals surface area contributed by atoms with E-state index in [2.05, 4.69) is 51.4 Å². The van der Waals surface area contributed by atoms with Crippen LogP contribution < -0.4 is 0 Å². The maximum Gasteiger partial charge on any atom is 0.0907 e. The van der Waals surface area contributed by atoms with Gasteiger partial charge in [0.15, 0.2) is 0 Å². The van der Waals surface area contributed by atoms with E-state index >= 15 is 0 Å². The molecule has 0 spiro atoms. The quantitative estimate of drug-likeness (QED) is 0.516. The molecule has 3 heteroatoms.